The van der Waals surface area contributed by atoms with Gasteiger partial charge < -0.3 is 17.2 Å². The lowest BCUT2D eigenvalue weighted by Crippen LogP contribution is -2.21. The van der Waals surface area contributed by atoms with Gasteiger partial charge in [0, 0.05) is 17.3 Å². The van der Waals surface area contributed by atoms with E-state index in [-0.39, 0.29) is 24.8 Å². The van der Waals surface area contributed by atoms with Crippen LogP contribution in [0, 0.1) is 12.7 Å². The molecule has 3 aromatic rings. The third kappa shape index (κ3) is 4.89. The highest BCUT2D eigenvalue weighted by Gasteiger charge is 2.07. The van der Waals surface area contributed by atoms with Crippen molar-refractivity contribution in [1.82, 2.24) is 4.98 Å². The number of nitrogens with zero attached hydrogens (tertiary/aromatic N) is 1. The molecule has 5 nitrogen and oxygen atoms in total. The van der Waals surface area contributed by atoms with Gasteiger partial charge in [0.25, 0.3) is 0 Å². The highest BCUT2D eigenvalue weighted by molar-refractivity contribution is 7.21. The minimum atomic E-state index is -0.468. The fourth-order valence-electron chi connectivity index (χ4n) is 1.83. The van der Waals surface area contributed by atoms with Gasteiger partial charge in [-0.15, -0.1) is 23.7 Å². The standard InChI is InChI=1S/C14H11FN2S.C2H6N2O.ClH/c1-8-6-9(2-4-11(8)16)14-17-12-7-10(15)3-5-13(12)18-14;3-1-2(4)5;/h2-7H,16H2,1H3;1,3H2,(H2,4,5);1H. The molecule has 0 saturated carbocycles. The summed E-state index contributed by atoms with van der Waals surface area (Å²) in [5, 5.41) is 0.888. The molecule has 0 saturated heterocycles. The van der Waals surface area contributed by atoms with E-state index in [1.165, 1.54) is 12.1 Å². The fourth-order valence-corrected chi connectivity index (χ4v) is 2.78. The Morgan fingerprint density at radius 1 is 1.25 bits per heavy atom. The van der Waals surface area contributed by atoms with Gasteiger partial charge in [0.15, 0.2) is 0 Å². The van der Waals surface area contributed by atoms with Crippen molar-refractivity contribution in [3.63, 3.8) is 0 Å². The van der Waals surface area contributed by atoms with E-state index in [1.54, 1.807) is 17.4 Å². The number of hydrogen-bond donors (Lipinski definition) is 3. The number of rotatable bonds is 2. The second-order valence-electron chi connectivity index (χ2n) is 4.87. The first-order valence-corrected chi connectivity index (χ1v) is 7.63. The molecular formula is C16H18ClFN4OS. The van der Waals surface area contributed by atoms with Crippen molar-refractivity contribution in [1.29, 1.82) is 0 Å². The Morgan fingerprint density at radius 2 is 1.92 bits per heavy atom. The maximum atomic E-state index is 13.1. The van der Waals surface area contributed by atoms with Gasteiger partial charge in [0.05, 0.1) is 16.8 Å². The number of fused-ring (bicyclic) bond motifs is 1. The second-order valence-corrected chi connectivity index (χ2v) is 5.90. The molecule has 0 aliphatic heterocycles. The monoisotopic (exact) mass is 368 g/mol. The number of nitrogen functional groups attached to an aromatic ring is 1. The number of hydrogen-bond acceptors (Lipinski definition) is 5. The number of amides is 1. The van der Waals surface area contributed by atoms with Gasteiger partial charge in [-0.1, -0.05) is 0 Å². The Balaban J connectivity index is 0.000000425. The number of anilines is 1. The number of primary amides is 1. The lowest BCUT2D eigenvalue weighted by Gasteiger charge is -2.01. The molecule has 0 bridgehead atoms. The summed E-state index contributed by atoms with van der Waals surface area (Å²) in [4.78, 5) is 13.9. The summed E-state index contributed by atoms with van der Waals surface area (Å²) in [6.07, 6.45) is 0. The molecule has 1 aromatic heterocycles. The number of carbonyl (C=O) groups excluding carboxylic acids is 1. The summed E-state index contributed by atoms with van der Waals surface area (Å²) < 4.78 is 14.1. The highest BCUT2D eigenvalue weighted by atomic mass is 35.5. The number of aromatic nitrogens is 1. The molecule has 0 radical (unpaired) electrons. The van der Waals surface area contributed by atoms with Crippen LogP contribution in [0.1, 0.15) is 5.56 Å². The van der Waals surface area contributed by atoms with Crippen molar-refractivity contribution in [2.75, 3.05) is 12.3 Å². The number of carbonyl (C=O) groups is 1. The van der Waals surface area contributed by atoms with Crippen molar-refractivity contribution in [3.8, 4) is 10.6 Å². The average Bonchev–Trinajstić information content (AvgIpc) is 2.93. The molecule has 6 N–H and O–H groups in total. The maximum absolute atomic E-state index is 13.1. The zero-order valence-corrected chi connectivity index (χ0v) is 14.6. The van der Waals surface area contributed by atoms with Crippen LogP contribution in [0.2, 0.25) is 0 Å². The molecule has 24 heavy (non-hydrogen) atoms. The molecule has 0 unspecified atom stereocenters. The summed E-state index contributed by atoms with van der Waals surface area (Å²) in [6.45, 7) is 1.91. The molecular weight excluding hydrogens is 351 g/mol. The molecule has 2 aromatic carbocycles. The fraction of sp³-hybridized carbons (Fsp3) is 0.125. The van der Waals surface area contributed by atoms with Crippen molar-refractivity contribution in [3.05, 3.63) is 47.8 Å². The molecule has 0 atom stereocenters. The van der Waals surface area contributed by atoms with Crippen LogP contribution in [0.25, 0.3) is 20.8 Å². The van der Waals surface area contributed by atoms with Crippen LogP contribution in [-0.2, 0) is 4.79 Å². The number of nitrogens with two attached hydrogens (primary N) is 3. The number of halogens is 2. The van der Waals surface area contributed by atoms with E-state index < -0.39 is 5.91 Å². The molecule has 1 amide bonds. The molecule has 8 heteroatoms. The summed E-state index contributed by atoms with van der Waals surface area (Å²) in [7, 11) is 0. The van der Waals surface area contributed by atoms with Crippen LogP contribution < -0.4 is 17.2 Å². The zero-order valence-electron chi connectivity index (χ0n) is 13.0. The summed E-state index contributed by atoms with van der Waals surface area (Å²) in [6, 6.07) is 10.5. The Labute approximate surface area is 149 Å². The first-order valence-electron chi connectivity index (χ1n) is 6.81. The predicted molar refractivity (Wildman–Crippen MR) is 99.7 cm³/mol. The van der Waals surface area contributed by atoms with E-state index in [9.17, 15) is 9.18 Å². The number of thiazole rings is 1. The predicted octanol–water partition coefficient (Wildman–Crippen LogP) is 2.85. The molecule has 0 aliphatic carbocycles. The minimum absolute atomic E-state index is 0. The van der Waals surface area contributed by atoms with Crippen LogP contribution in [0.5, 0.6) is 0 Å². The average molecular weight is 369 g/mol. The third-order valence-corrected chi connectivity index (χ3v) is 4.15. The van der Waals surface area contributed by atoms with Crippen molar-refractivity contribution in [2.24, 2.45) is 11.5 Å². The van der Waals surface area contributed by atoms with E-state index in [2.05, 4.69) is 10.7 Å². The first-order chi connectivity index (χ1) is 10.9. The quantitative estimate of drug-likeness (QED) is 0.604. The molecule has 1 heterocycles. The van der Waals surface area contributed by atoms with Crippen LogP contribution in [0.3, 0.4) is 0 Å². The van der Waals surface area contributed by atoms with Crippen LogP contribution >= 0.6 is 23.7 Å². The van der Waals surface area contributed by atoms with Crippen molar-refractivity contribution >= 4 is 45.6 Å². The SMILES string of the molecule is Cc1cc(-c2nc3cc(F)ccc3s2)ccc1N.Cl.NCC(N)=O. The lowest BCUT2D eigenvalue weighted by atomic mass is 10.1. The van der Waals surface area contributed by atoms with Gasteiger partial charge in [0.2, 0.25) is 5.91 Å². The molecule has 128 valence electrons. The molecule has 0 fully saturated rings. The summed E-state index contributed by atoms with van der Waals surface area (Å²) >= 11 is 1.56. The topological polar surface area (TPSA) is 108 Å². The second kappa shape index (κ2) is 8.58. The number of aryl methyl sites for hydroxylation is 1. The lowest BCUT2D eigenvalue weighted by molar-refractivity contribution is -0.116. The van der Waals surface area contributed by atoms with E-state index in [1.807, 2.05) is 25.1 Å². The smallest absolute Gasteiger partial charge is 0.231 e. The van der Waals surface area contributed by atoms with E-state index in [4.69, 9.17) is 11.5 Å². The maximum Gasteiger partial charge on any atom is 0.231 e. The third-order valence-electron chi connectivity index (χ3n) is 3.07. The Kier molecular flexibility index (Phi) is 7.09. The van der Waals surface area contributed by atoms with Crippen molar-refractivity contribution < 1.29 is 9.18 Å². The van der Waals surface area contributed by atoms with Crippen LogP contribution in [-0.4, -0.2) is 17.4 Å². The van der Waals surface area contributed by atoms with Crippen LogP contribution in [0.4, 0.5) is 10.1 Å². The van der Waals surface area contributed by atoms with Gasteiger partial charge >= 0.3 is 0 Å². The normalized spacial score (nSPS) is 9.79. The Bertz CT molecular complexity index is 853. The van der Waals surface area contributed by atoms with Crippen LogP contribution in [0.15, 0.2) is 36.4 Å². The highest BCUT2D eigenvalue weighted by Crippen LogP contribution is 2.31. The van der Waals surface area contributed by atoms with Gasteiger partial charge in [-0.3, -0.25) is 4.79 Å². The summed E-state index contributed by atoms with van der Waals surface area (Å²) in [5.41, 5.74) is 18.5. The first kappa shape index (κ1) is 19.8. The molecule has 0 spiro atoms. The van der Waals surface area contributed by atoms with E-state index in [0.29, 0.717) is 5.52 Å². The van der Waals surface area contributed by atoms with E-state index in [0.717, 1.165) is 26.5 Å². The largest absolute Gasteiger partial charge is 0.399 e. The molecule has 3 rings (SSSR count). The Hall–Kier alpha value is -2.22. The van der Waals surface area contributed by atoms with Gasteiger partial charge in [0.1, 0.15) is 10.8 Å². The van der Waals surface area contributed by atoms with Gasteiger partial charge in [-0.2, -0.15) is 0 Å². The zero-order chi connectivity index (χ0) is 17.0. The summed E-state index contributed by atoms with van der Waals surface area (Å²) in [5.74, 6) is -0.724. The minimum Gasteiger partial charge on any atom is -0.399 e. The van der Waals surface area contributed by atoms with Gasteiger partial charge in [-0.05, 0) is 42.8 Å². The Morgan fingerprint density at radius 3 is 2.50 bits per heavy atom. The number of benzene rings is 2. The van der Waals surface area contributed by atoms with E-state index >= 15 is 0 Å². The van der Waals surface area contributed by atoms with Gasteiger partial charge in [-0.25, -0.2) is 9.37 Å². The van der Waals surface area contributed by atoms with Crippen molar-refractivity contribution in [2.45, 2.75) is 6.92 Å². The molecule has 0 aliphatic rings.